The van der Waals surface area contributed by atoms with Crippen LogP contribution in [0.25, 0.3) is 10.8 Å². The Hall–Kier alpha value is -1.68. The summed E-state index contributed by atoms with van der Waals surface area (Å²) in [6.07, 6.45) is 0. The third kappa shape index (κ3) is 2.54. The van der Waals surface area contributed by atoms with Gasteiger partial charge < -0.3 is 0 Å². The molecule has 1 radical (unpaired) electrons. The number of hydrogen-bond acceptors (Lipinski definition) is 1. The van der Waals surface area contributed by atoms with Crippen LogP contribution in [0.5, 0.6) is 0 Å². The van der Waals surface area contributed by atoms with Gasteiger partial charge in [-0.3, -0.25) is 4.79 Å². The van der Waals surface area contributed by atoms with E-state index in [1.165, 1.54) is 3.57 Å². The standard InChI is InChI=1S/C17H10IO/c18-16-9-8-13-10-15(7-6-14(13)11-16)17(19)12-4-2-1-3-5-12/h1-5,7-11H. The Morgan fingerprint density at radius 2 is 1.74 bits per heavy atom. The third-order valence-corrected chi connectivity index (χ3v) is 3.68. The van der Waals surface area contributed by atoms with Gasteiger partial charge in [-0.25, -0.2) is 0 Å². The summed E-state index contributed by atoms with van der Waals surface area (Å²) in [4.78, 5) is 12.3. The van der Waals surface area contributed by atoms with Crippen LogP contribution in [0.4, 0.5) is 0 Å². The first kappa shape index (κ1) is 12.4. The van der Waals surface area contributed by atoms with E-state index in [1.807, 2.05) is 48.5 Å². The molecule has 0 aliphatic carbocycles. The maximum Gasteiger partial charge on any atom is 0.193 e. The molecule has 1 nitrogen and oxygen atoms in total. The van der Waals surface area contributed by atoms with Crippen molar-refractivity contribution in [2.45, 2.75) is 0 Å². The Balaban J connectivity index is 2.07. The molecule has 2 heteroatoms. The van der Waals surface area contributed by atoms with Crippen molar-refractivity contribution in [3.63, 3.8) is 0 Å². The minimum Gasteiger partial charge on any atom is -0.289 e. The summed E-state index contributed by atoms with van der Waals surface area (Å²) in [6.45, 7) is 0. The van der Waals surface area contributed by atoms with Crippen molar-refractivity contribution in [3.8, 4) is 0 Å². The van der Waals surface area contributed by atoms with Gasteiger partial charge >= 0.3 is 0 Å². The fourth-order valence-corrected chi connectivity index (χ4v) is 2.52. The molecule has 0 aliphatic rings. The molecule has 91 valence electrons. The van der Waals surface area contributed by atoms with Crippen LogP contribution in [0.3, 0.4) is 0 Å². The van der Waals surface area contributed by atoms with E-state index in [1.54, 1.807) is 6.07 Å². The molecule has 0 N–H and O–H groups in total. The largest absolute Gasteiger partial charge is 0.289 e. The van der Waals surface area contributed by atoms with Gasteiger partial charge in [-0.05, 0) is 63.7 Å². The van der Waals surface area contributed by atoms with E-state index in [0.717, 1.165) is 10.8 Å². The fraction of sp³-hybridized carbons (Fsp3) is 0. The highest BCUT2D eigenvalue weighted by molar-refractivity contribution is 14.1. The second-order valence-corrected chi connectivity index (χ2v) is 5.56. The van der Waals surface area contributed by atoms with Crippen molar-refractivity contribution in [2.75, 3.05) is 0 Å². The SMILES string of the molecule is O=C(c1ccccc1)c1c[c]c2cc(I)ccc2c1. The zero-order valence-corrected chi connectivity index (χ0v) is 12.2. The molecule has 0 amide bonds. The van der Waals surface area contributed by atoms with Gasteiger partial charge in [0.25, 0.3) is 0 Å². The molecule has 0 bridgehead atoms. The van der Waals surface area contributed by atoms with Gasteiger partial charge in [-0.2, -0.15) is 0 Å². The lowest BCUT2D eigenvalue weighted by Gasteiger charge is -2.03. The monoisotopic (exact) mass is 357 g/mol. The zero-order valence-electron chi connectivity index (χ0n) is 10.1. The molecule has 3 aromatic carbocycles. The number of benzene rings is 3. The lowest BCUT2D eigenvalue weighted by molar-refractivity contribution is 0.103. The normalized spacial score (nSPS) is 10.6. The highest BCUT2D eigenvalue weighted by Gasteiger charge is 2.09. The summed E-state index contributed by atoms with van der Waals surface area (Å²) < 4.78 is 1.17. The first-order chi connectivity index (χ1) is 9.24. The third-order valence-electron chi connectivity index (χ3n) is 3.01. The molecule has 3 aromatic rings. The first-order valence-corrected chi connectivity index (χ1v) is 7.03. The van der Waals surface area contributed by atoms with Crippen LogP contribution in [0.1, 0.15) is 15.9 Å². The van der Waals surface area contributed by atoms with Crippen LogP contribution >= 0.6 is 22.6 Å². The Morgan fingerprint density at radius 1 is 0.947 bits per heavy atom. The van der Waals surface area contributed by atoms with Crippen LogP contribution in [0, 0.1) is 9.64 Å². The van der Waals surface area contributed by atoms with E-state index in [4.69, 9.17) is 0 Å². The predicted molar refractivity (Wildman–Crippen MR) is 85.4 cm³/mol. The topological polar surface area (TPSA) is 17.1 Å². The molecule has 0 saturated heterocycles. The summed E-state index contributed by atoms with van der Waals surface area (Å²) >= 11 is 2.27. The van der Waals surface area contributed by atoms with E-state index >= 15 is 0 Å². The molecule has 3 rings (SSSR count). The molecule has 0 unspecified atom stereocenters. The molecule has 19 heavy (non-hydrogen) atoms. The predicted octanol–water partition coefficient (Wildman–Crippen LogP) is 4.48. The summed E-state index contributed by atoms with van der Waals surface area (Å²) in [6, 6.07) is 22.3. The van der Waals surface area contributed by atoms with E-state index in [-0.39, 0.29) is 5.78 Å². The maximum atomic E-state index is 12.3. The van der Waals surface area contributed by atoms with Crippen LogP contribution in [-0.4, -0.2) is 5.78 Å². The summed E-state index contributed by atoms with van der Waals surface area (Å²) in [5.41, 5.74) is 1.39. The number of ketones is 1. The van der Waals surface area contributed by atoms with Crippen molar-refractivity contribution in [2.24, 2.45) is 0 Å². The fourth-order valence-electron chi connectivity index (χ4n) is 2.03. The maximum absolute atomic E-state index is 12.3. The average molecular weight is 357 g/mol. The smallest absolute Gasteiger partial charge is 0.193 e. The molecular weight excluding hydrogens is 347 g/mol. The second kappa shape index (κ2) is 5.13. The Kier molecular flexibility index (Phi) is 3.34. The van der Waals surface area contributed by atoms with Gasteiger partial charge in [0, 0.05) is 14.7 Å². The van der Waals surface area contributed by atoms with Crippen molar-refractivity contribution in [1.82, 2.24) is 0 Å². The van der Waals surface area contributed by atoms with E-state index in [0.29, 0.717) is 11.1 Å². The summed E-state index contributed by atoms with van der Waals surface area (Å²) in [7, 11) is 0. The molecule has 0 spiro atoms. The van der Waals surface area contributed by atoms with Gasteiger partial charge in [-0.1, -0.05) is 36.4 Å². The van der Waals surface area contributed by atoms with Crippen molar-refractivity contribution < 1.29 is 4.79 Å². The molecule has 0 atom stereocenters. The first-order valence-electron chi connectivity index (χ1n) is 5.95. The van der Waals surface area contributed by atoms with Gasteiger partial charge in [0.1, 0.15) is 0 Å². The number of hydrogen-bond donors (Lipinski definition) is 0. The molecule has 0 aromatic heterocycles. The van der Waals surface area contributed by atoms with Crippen molar-refractivity contribution >= 4 is 39.1 Å². The molecule has 0 aliphatic heterocycles. The van der Waals surface area contributed by atoms with Gasteiger partial charge in [0.2, 0.25) is 0 Å². The highest BCUT2D eigenvalue weighted by Crippen LogP contribution is 2.20. The molecule has 0 saturated carbocycles. The Labute approximate surface area is 125 Å². The van der Waals surface area contributed by atoms with E-state index in [2.05, 4.69) is 34.7 Å². The van der Waals surface area contributed by atoms with Crippen LogP contribution < -0.4 is 0 Å². The van der Waals surface area contributed by atoms with E-state index < -0.39 is 0 Å². The van der Waals surface area contributed by atoms with Crippen LogP contribution in [0.15, 0.2) is 60.7 Å². The van der Waals surface area contributed by atoms with Crippen LogP contribution in [0.2, 0.25) is 0 Å². The highest BCUT2D eigenvalue weighted by atomic mass is 127. The Bertz CT molecular complexity index is 748. The number of fused-ring (bicyclic) bond motifs is 1. The average Bonchev–Trinajstić information content (AvgIpc) is 2.47. The minimum absolute atomic E-state index is 0.0392. The zero-order chi connectivity index (χ0) is 13.2. The van der Waals surface area contributed by atoms with Gasteiger partial charge in [-0.15, -0.1) is 0 Å². The Morgan fingerprint density at radius 3 is 2.53 bits per heavy atom. The van der Waals surface area contributed by atoms with E-state index in [9.17, 15) is 4.79 Å². The lowest BCUT2D eigenvalue weighted by Crippen LogP contribution is -2.00. The number of carbonyl (C=O) groups is 1. The van der Waals surface area contributed by atoms with Gasteiger partial charge in [0.15, 0.2) is 5.78 Å². The number of rotatable bonds is 2. The lowest BCUT2D eigenvalue weighted by atomic mass is 10.0. The van der Waals surface area contributed by atoms with Crippen molar-refractivity contribution in [3.05, 3.63) is 81.4 Å². The summed E-state index contributed by atoms with van der Waals surface area (Å²) in [5.74, 6) is 0.0392. The number of halogens is 1. The molecular formula is C17H10IO. The van der Waals surface area contributed by atoms with Gasteiger partial charge in [0.05, 0.1) is 0 Å². The number of carbonyl (C=O) groups excluding carboxylic acids is 1. The molecule has 0 fully saturated rings. The van der Waals surface area contributed by atoms with Crippen molar-refractivity contribution in [1.29, 1.82) is 0 Å². The summed E-state index contributed by atoms with van der Waals surface area (Å²) in [5, 5.41) is 2.08. The second-order valence-electron chi connectivity index (χ2n) is 4.32. The minimum atomic E-state index is 0.0392. The van der Waals surface area contributed by atoms with Crippen LogP contribution in [-0.2, 0) is 0 Å². The molecule has 0 heterocycles. The quantitative estimate of drug-likeness (QED) is 0.488.